The molecule has 124 valence electrons. The molecule has 1 unspecified atom stereocenters. The Kier molecular flexibility index (Phi) is 6.71. The second-order valence-corrected chi connectivity index (χ2v) is 5.47. The number of hydrazone groups is 2. The summed E-state index contributed by atoms with van der Waals surface area (Å²) in [5.74, 6) is -0.00586. The Morgan fingerprint density at radius 2 is 1.92 bits per heavy atom. The highest BCUT2D eigenvalue weighted by Crippen LogP contribution is 2.13. The van der Waals surface area contributed by atoms with Gasteiger partial charge in [0, 0.05) is 18.0 Å². The van der Waals surface area contributed by atoms with Gasteiger partial charge in [-0.25, -0.2) is 5.43 Å². The van der Waals surface area contributed by atoms with E-state index in [4.69, 9.17) is 0 Å². The van der Waals surface area contributed by atoms with Gasteiger partial charge in [0.2, 0.25) is 0 Å². The number of nitrogens with one attached hydrogen (secondary N) is 2. The summed E-state index contributed by atoms with van der Waals surface area (Å²) in [7, 11) is 0. The van der Waals surface area contributed by atoms with E-state index in [1.807, 2.05) is 37.3 Å². The first kappa shape index (κ1) is 17.4. The van der Waals surface area contributed by atoms with Gasteiger partial charge in [0.05, 0.1) is 5.69 Å². The van der Waals surface area contributed by atoms with E-state index in [2.05, 4.69) is 40.1 Å². The largest absolute Gasteiger partial charge is 0.279 e. The molecule has 5 nitrogen and oxygen atoms in total. The molecule has 1 atom stereocenters. The molecule has 0 aromatic heterocycles. The summed E-state index contributed by atoms with van der Waals surface area (Å²) < 4.78 is 0. The van der Waals surface area contributed by atoms with E-state index < -0.39 is 0 Å². The smallest absolute Gasteiger partial charge is 0.271 e. The Balaban J connectivity index is 1.86. The van der Waals surface area contributed by atoms with Gasteiger partial charge in [0.1, 0.15) is 0 Å². The molecule has 0 saturated carbocycles. The summed E-state index contributed by atoms with van der Waals surface area (Å²) in [4.78, 5) is 11.9. The van der Waals surface area contributed by atoms with Crippen LogP contribution in [-0.2, 0) is 6.42 Å². The zero-order valence-electron chi connectivity index (χ0n) is 13.9. The fraction of sp³-hybridized carbons (Fsp3) is 0.211. The van der Waals surface area contributed by atoms with Crippen molar-refractivity contribution in [3.8, 4) is 0 Å². The first-order chi connectivity index (χ1) is 11.7. The fourth-order valence-corrected chi connectivity index (χ4v) is 2.21. The van der Waals surface area contributed by atoms with Crippen molar-refractivity contribution in [3.05, 3.63) is 65.7 Å². The van der Waals surface area contributed by atoms with E-state index in [0.29, 0.717) is 5.56 Å². The maximum Gasteiger partial charge on any atom is 0.271 e. The predicted octanol–water partition coefficient (Wildman–Crippen LogP) is 3.70. The van der Waals surface area contributed by atoms with Crippen molar-refractivity contribution in [1.29, 1.82) is 0 Å². The fourth-order valence-electron chi connectivity index (χ4n) is 2.21. The highest BCUT2D eigenvalue weighted by Gasteiger charge is 2.04. The number of nitrogens with zero attached hydrogens (tertiary/aromatic N) is 2. The summed E-state index contributed by atoms with van der Waals surface area (Å²) in [6.45, 7) is 3.92. The number of rotatable bonds is 7. The average Bonchev–Trinajstić information content (AvgIpc) is 2.61. The summed E-state index contributed by atoms with van der Waals surface area (Å²) in [6, 6.07) is 17.1. The minimum Gasteiger partial charge on any atom is -0.279 e. The van der Waals surface area contributed by atoms with Crippen molar-refractivity contribution in [2.45, 2.75) is 20.3 Å². The molecule has 24 heavy (non-hydrogen) atoms. The van der Waals surface area contributed by atoms with Crippen LogP contribution < -0.4 is 10.9 Å². The van der Waals surface area contributed by atoms with Crippen molar-refractivity contribution in [2.24, 2.45) is 16.1 Å². The third-order valence-electron chi connectivity index (χ3n) is 3.34. The molecular formula is C19H22N4O. The van der Waals surface area contributed by atoms with E-state index in [1.165, 1.54) is 5.56 Å². The number of benzene rings is 2. The SMILES string of the molecule is C/C=N/Nc1cccc(CC(C)/C=N/NC(=O)c2ccccc2)c1. The molecule has 0 bridgehead atoms. The van der Waals surface area contributed by atoms with Crippen LogP contribution in [0.4, 0.5) is 5.69 Å². The Morgan fingerprint density at radius 3 is 2.67 bits per heavy atom. The lowest BCUT2D eigenvalue weighted by Crippen LogP contribution is -2.18. The van der Waals surface area contributed by atoms with Crippen LogP contribution in [0.1, 0.15) is 29.8 Å². The molecule has 2 rings (SSSR count). The maximum atomic E-state index is 11.9. The maximum absolute atomic E-state index is 11.9. The molecule has 0 radical (unpaired) electrons. The molecule has 0 spiro atoms. The van der Waals surface area contributed by atoms with Crippen molar-refractivity contribution >= 4 is 24.0 Å². The van der Waals surface area contributed by atoms with Gasteiger partial charge in [-0.05, 0) is 49.1 Å². The molecule has 5 heteroatoms. The Morgan fingerprint density at radius 1 is 1.12 bits per heavy atom. The van der Waals surface area contributed by atoms with Crippen LogP contribution >= 0.6 is 0 Å². The molecule has 2 N–H and O–H groups in total. The molecule has 2 aromatic rings. The van der Waals surface area contributed by atoms with Crippen molar-refractivity contribution in [3.63, 3.8) is 0 Å². The van der Waals surface area contributed by atoms with Crippen molar-refractivity contribution in [2.75, 3.05) is 5.43 Å². The van der Waals surface area contributed by atoms with Crippen LogP contribution in [-0.4, -0.2) is 18.3 Å². The molecule has 0 aliphatic carbocycles. The first-order valence-corrected chi connectivity index (χ1v) is 7.90. The van der Waals surface area contributed by atoms with E-state index >= 15 is 0 Å². The third-order valence-corrected chi connectivity index (χ3v) is 3.34. The topological polar surface area (TPSA) is 65.8 Å². The summed E-state index contributed by atoms with van der Waals surface area (Å²) in [6.07, 6.45) is 4.29. The van der Waals surface area contributed by atoms with Gasteiger partial charge in [-0.2, -0.15) is 10.2 Å². The number of amides is 1. The van der Waals surface area contributed by atoms with Crippen LogP contribution in [0.15, 0.2) is 64.8 Å². The zero-order chi connectivity index (χ0) is 17.2. The summed E-state index contributed by atoms with van der Waals surface area (Å²) >= 11 is 0. The van der Waals surface area contributed by atoms with Crippen LogP contribution in [0, 0.1) is 5.92 Å². The minimum atomic E-state index is -0.206. The second-order valence-electron chi connectivity index (χ2n) is 5.47. The van der Waals surface area contributed by atoms with Crippen LogP contribution in [0.3, 0.4) is 0 Å². The lowest BCUT2D eigenvalue weighted by molar-refractivity contribution is 0.0955. The van der Waals surface area contributed by atoms with Gasteiger partial charge >= 0.3 is 0 Å². The van der Waals surface area contributed by atoms with E-state index in [-0.39, 0.29) is 11.8 Å². The van der Waals surface area contributed by atoms with Crippen LogP contribution in [0.25, 0.3) is 0 Å². The summed E-state index contributed by atoms with van der Waals surface area (Å²) in [5, 5.41) is 8.06. The van der Waals surface area contributed by atoms with Gasteiger partial charge in [-0.15, -0.1) is 0 Å². The first-order valence-electron chi connectivity index (χ1n) is 7.90. The second kappa shape index (κ2) is 9.25. The highest BCUT2D eigenvalue weighted by molar-refractivity contribution is 5.94. The van der Waals surface area contributed by atoms with Crippen molar-refractivity contribution < 1.29 is 4.79 Å². The number of carbonyl (C=O) groups is 1. The van der Waals surface area contributed by atoms with Gasteiger partial charge in [0.15, 0.2) is 0 Å². The summed E-state index contributed by atoms with van der Waals surface area (Å²) in [5.41, 5.74) is 8.24. The molecule has 0 aliphatic rings. The minimum absolute atomic E-state index is 0.200. The Labute approximate surface area is 142 Å². The van der Waals surface area contributed by atoms with Gasteiger partial charge in [0.25, 0.3) is 5.91 Å². The standard InChI is InChI=1S/C19H22N4O/c1-3-20-22-18-11-7-8-16(13-18)12-15(2)14-21-23-19(24)17-9-5-4-6-10-17/h3-11,13-15,22H,12H2,1-2H3,(H,23,24)/b20-3+,21-14+. The van der Waals surface area contributed by atoms with E-state index in [1.54, 1.807) is 24.6 Å². The number of hydrogen-bond acceptors (Lipinski definition) is 4. The molecule has 0 fully saturated rings. The molecule has 0 aliphatic heterocycles. The molecule has 1 amide bonds. The average molecular weight is 322 g/mol. The number of hydrogen-bond donors (Lipinski definition) is 2. The molecular weight excluding hydrogens is 300 g/mol. The zero-order valence-corrected chi connectivity index (χ0v) is 13.9. The highest BCUT2D eigenvalue weighted by atomic mass is 16.2. The number of anilines is 1. The van der Waals surface area contributed by atoms with Crippen LogP contribution in [0.5, 0.6) is 0 Å². The predicted molar refractivity (Wildman–Crippen MR) is 99.5 cm³/mol. The van der Waals surface area contributed by atoms with E-state index in [0.717, 1.165) is 12.1 Å². The molecule has 0 saturated heterocycles. The quantitative estimate of drug-likeness (QED) is 0.603. The lowest BCUT2D eigenvalue weighted by atomic mass is 10.0. The molecule has 2 aromatic carbocycles. The van der Waals surface area contributed by atoms with Gasteiger partial charge in [-0.1, -0.05) is 37.3 Å². The van der Waals surface area contributed by atoms with Gasteiger partial charge in [-0.3, -0.25) is 10.2 Å². The monoisotopic (exact) mass is 322 g/mol. The Hall–Kier alpha value is -2.95. The normalized spacial score (nSPS) is 12.4. The van der Waals surface area contributed by atoms with E-state index in [9.17, 15) is 4.79 Å². The lowest BCUT2D eigenvalue weighted by Gasteiger charge is -2.08. The third kappa shape index (κ3) is 5.68. The molecule has 0 heterocycles. The van der Waals surface area contributed by atoms with Crippen LogP contribution in [0.2, 0.25) is 0 Å². The van der Waals surface area contributed by atoms with Crippen molar-refractivity contribution in [1.82, 2.24) is 5.43 Å². The van der Waals surface area contributed by atoms with Gasteiger partial charge < -0.3 is 0 Å². The Bertz CT molecular complexity index is 710. The number of carbonyl (C=O) groups excluding carboxylic acids is 1.